The van der Waals surface area contributed by atoms with E-state index in [1.807, 2.05) is 0 Å². The van der Waals surface area contributed by atoms with Gasteiger partial charge in [-0.05, 0) is 31.1 Å². The van der Waals surface area contributed by atoms with Crippen molar-refractivity contribution in [2.24, 2.45) is 23.7 Å². The maximum Gasteiger partial charge on any atom is 0.307 e. The number of rotatable bonds is 3. The van der Waals surface area contributed by atoms with Gasteiger partial charge in [-0.15, -0.1) is 0 Å². The van der Waals surface area contributed by atoms with E-state index in [4.69, 9.17) is 5.11 Å². The summed E-state index contributed by atoms with van der Waals surface area (Å²) in [6.07, 6.45) is 5.63. The predicted octanol–water partition coefficient (Wildman–Crippen LogP) is 2.43. The summed E-state index contributed by atoms with van der Waals surface area (Å²) < 4.78 is 0. The Morgan fingerprint density at radius 2 is 1.63 bits per heavy atom. The van der Waals surface area contributed by atoms with Crippen molar-refractivity contribution in [2.75, 3.05) is 0 Å². The Labute approximate surface area is 115 Å². The van der Waals surface area contributed by atoms with E-state index in [0.29, 0.717) is 18.3 Å². The van der Waals surface area contributed by atoms with E-state index in [1.165, 1.54) is 6.42 Å². The molecule has 0 aliphatic heterocycles. The van der Waals surface area contributed by atoms with Crippen molar-refractivity contribution in [3.8, 4) is 0 Å². The average molecular weight is 267 g/mol. The Morgan fingerprint density at radius 3 is 2.32 bits per heavy atom. The van der Waals surface area contributed by atoms with Crippen molar-refractivity contribution in [3.05, 3.63) is 0 Å². The first-order valence-electron chi connectivity index (χ1n) is 7.54. The third-order valence-electron chi connectivity index (χ3n) is 5.20. The largest absolute Gasteiger partial charge is 0.481 e. The molecule has 2 aliphatic carbocycles. The van der Waals surface area contributed by atoms with Gasteiger partial charge in [-0.25, -0.2) is 0 Å². The standard InChI is InChI=1S/C15H25NO3/c1-9-5-3-8-13(10(9)2)16-14(17)11-6-4-7-12(11)15(18)19/h9-13H,3-8H2,1-2H3,(H,16,17)(H,18,19). The van der Waals surface area contributed by atoms with E-state index in [9.17, 15) is 9.59 Å². The summed E-state index contributed by atoms with van der Waals surface area (Å²) in [7, 11) is 0. The van der Waals surface area contributed by atoms with Crippen LogP contribution in [0.25, 0.3) is 0 Å². The lowest BCUT2D eigenvalue weighted by Crippen LogP contribution is -2.47. The summed E-state index contributed by atoms with van der Waals surface area (Å²) in [5.74, 6) is -0.517. The van der Waals surface area contributed by atoms with Gasteiger partial charge >= 0.3 is 5.97 Å². The van der Waals surface area contributed by atoms with Crippen LogP contribution in [0.2, 0.25) is 0 Å². The molecule has 4 nitrogen and oxygen atoms in total. The highest BCUT2D eigenvalue weighted by Crippen LogP contribution is 2.34. The zero-order chi connectivity index (χ0) is 14.0. The molecule has 2 saturated carbocycles. The minimum absolute atomic E-state index is 0.0316. The summed E-state index contributed by atoms with van der Waals surface area (Å²) in [6, 6.07) is 0.228. The van der Waals surface area contributed by atoms with Crippen molar-refractivity contribution in [2.45, 2.75) is 58.4 Å². The fourth-order valence-corrected chi connectivity index (χ4v) is 3.64. The first-order chi connectivity index (χ1) is 9.00. The van der Waals surface area contributed by atoms with E-state index >= 15 is 0 Å². The molecule has 1 amide bonds. The van der Waals surface area contributed by atoms with Gasteiger partial charge in [0.2, 0.25) is 5.91 Å². The summed E-state index contributed by atoms with van der Waals surface area (Å²) in [6.45, 7) is 4.43. The average Bonchev–Trinajstić information content (AvgIpc) is 2.84. The van der Waals surface area contributed by atoms with Crippen molar-refractivity contribution >= 4 is 11.9 Å². The molecule has 0 spiro atoms. The molecule has 19 heavy (non-hydrogen) atoms. The summed E-state index contributed by atoms with van der Waals surface area (Å²) in [5.41, 5.74) is 0. The molecule has 0 aromatic rings. The van der Waals surface area contributed by atoms with E-state index in [-0.39, 0.29) is 17.9 Å². The van der Waals surface area contributed by atoms with Crippen LogP contribution in [0.4, 0.5) is 0 Å². The highest BCUT2D eigenvalue weighted by atomic mass is 16.4. The summed E-state index contributed by atoms with van der Waals surface area (Å²) in [4.78, 5) is 23.5. The molecule has 2 N–H and O–H groups in total. The summed E-state index contributed by atoms with van der Waals surface area (Å²) >= 11 is 0. The lowest BCUT2D eigenvalue weighted by molar-refractivity contribution is -0.146. The van der Waals surface area contributed by atoms with Crippen LogP contribution in [0.15, 0.2) is 0 Å². The lowest BCUT2D eigenvalue weighted by Gasteiger charge is -2.35. The summed E-state index contributed by atoms with van der Waals surface area (Å²) in [5, 5.41) is 12.3. The molecule has 0 bridgehead atoms. The van der Waals surface area contributed by atoms with Crippen LogP contribution in [0.1, 0.15) is 52.4 Å². The zero-order valence-corrected chi connectivity index (χ0v) is 11.9. The zero-order valence-electron chi connectivity index (χ0n) is 11.9. The van der Waals surface area contributed by atoms with E-state index in [1.54, 1.807) is 0 Å². The van der Waals surface area contributed by atoms with E-state index in [0.717, 1.165) is 25.7 Å². The van der Waals surface area contributed by atoms with Crippen LogP contribution in [-0.2, 0) is 9.59 Å². The molecule has 2 fully saturated rings. The quantitative estimate of drug-likeness (QED) is 0.825. The first kappa shape index (κ1) is 14.4. The second-order valence-corrected chi connectivity index (χ2v) is 6.36. The Bertz CT molecular complexity index is 355. The molecule has 0 aromatic carbocycles. The molecule has 0 aromatic heterocycles. The second kappa shape index (κ2) is 5.93. The number of carboxylic acid groups (broad SMARTS) is 1. The Kier molecular flexibility index (Phi) is 4.48. The number of nitrogens with one attached hydrogen (secondary N) is 1. The third kappa shape index (κ3) is 3.10. The fraction of sp³-hybridized carbons (Fsp3) is 0.867. The van der Waals surface area contributed by atoms with Crippen molar-refractivity contribution < 1.29 is 14.7 Å². The van der Waals surface area contributed by atoms with Gasteiger partial charge in [-0.2, -0.15) is 0 Å². The molecule has 5 atom stereocenters. The van der Waals surface area contributed by atoms with Crippen molar-refractivity contribution in [1.29, 1.82) is 0 Å². The van der Waals surface area contributed by atoms with Gasteiger partial charge in [0.05, 0.1) is 11.8 Å². The smallest absolute Gasteiger partial charge is 0.307 e. The minimum atomic E-state index is -0.817. The lowest BCUT2D eigenvalue weighted by atomic mass is 9.78. The Hall–Kier alpha value is -1.06. The minimum Gasteiger partial charge on any atom is -0.481 e. The number of aliphatic carboxylic acids is 1. The van der Waals surface area contributed by atoms with E-state index in [2.05, 4.69) is 19.2 Å². The van der Waals surface area contributed by atoms with Gasteiger partial charge in [-0.3, -0.25) is 9.59 Å². The van der Waals surface area contributed by atoms with Crippen LogP contribution < -0.4 is 5.32 Å². The second-order valence-electron chi connectivity index (χ2n) is 6.36. The molecule has 5 unspecified atom stereocenters. The molecular formula is C15H25NO3. The number of hydrogen-bond donors (Lipinski definition) is 2. The molecule has 4 heteroatoms. The maximum atomic E-state index is 12.3. The molecule has 2 aliphatic rings. The van der Waals surface area contributed by atoms with Gasteiger partial charge in [-0.1, -0.05) is 33.1 Å². The molecular weight excluding hydrogens is 242 g/mol. The van der Waals surface area contributed by atoms with Gasteiger partial charge in [0.25, 0.3) is 0 Å². The van der Waals surface area contributed by atoms with Crippen LogP contribution in [0.5, 0.6) is 0 Å². The maximum absolute atomic E-state index is 12.3. The number of amides is 1. The Balaban J connectivity index is 1.95. The van der Waals surface area contributed by atoms with Crippen LogP contribution in [0.3, 0.4) is 0 Å². The third-order valence-corrected chi connectivity index (χ3v) is 5.20. The Morgan fingerprint density at radius 1 is 1.00 bits per heavy atom. The van der Waals surface area contributed by atoms with Gasteiger partial charge in [0.1, 0.15) is 0 Å². The predicted molar refractivity (Wildman–Crippen MR) is 72.6 cm³/mol. The molecule has 0 heterocycles. The number of carboxylic acids is 1. The van der Waals surface area contributed by atoms with Crippen LogP contribution in [0, 0.1) is 23.7 Å². The number of carbonyl (C=O) groups is 2. The number of hydrogen-bond acceptors (Lipinski definition) is 2. The highest BCUT2D eigenvalue weighted by molar-refractivity contribution is 5.85. The van der Waals surface area contributed by atoms with Crippen LogP contribution >= 0.6 is 0 Å². The molecule has 0 saturated heterocycles. The topological polar surface area (TPSA) is 66.4 Å². The van der Waals surface area contributed by atoms with Gasteiger partial charge < -0.3 is 10.4 Å². The monoisotopic (exact) mass is 267 g/mol. The fourth-order valence-electron chi connectivity index (χ4n) is 3.64. The highest BCUT2D eigenvalue weighted by Gasteiger charge is 2.39. The molecule has 0 radical (unpaired) electrons. The van der Waals surface area contributed by atoms with Crippen LogP contribution in [-0.4, -0.2) is 23.0 Å². The first-order valence-corrected chi connectivity index (χ1v) is 7.54. The van der Waals surface area contributed by atoms with Crippen molar-refractivity contribution in [3.63, 3.8) is 0 Å². The van der Waals surface area contributed by atoms with Crippen molar-refractivity contribution in [1.82, 2.24) is 5.32 Å². The normalized spacial score (nSPS) is 38.9. The number of carbonyl (C=O) groups excluding carboxylic acids is 1. The van der Waals surface area contributed by atoms with Gasteiger partial charge in [0.15, 0.2) is 0 Å². The van der Waals surface area contributed by atoms with Gasteiger partial charge in [0, 0.05) is 6.04 Å². The van der Waals surface area contributed by atoms with E-state index < -0.39 is 11.9 Å². The SMILES string of the molecule is CC1CCCC(NC(=O)C2CCCC2C(=O)O)C1C. The molecule has 2 rings (SSSR count). The molecule has 108 valence electrons.